The fraction of sp³-hybridized carbons (Fsp3) is 0.0588. The molecule has 1 aromatic heterocycles. The summed E-state index contributed by atoms with van der Waals surface area (Å²) in [5.41, 5.74) is 3.32. The number of hydrogen-bond donors (Lipinski definition) is 1. The second-order valence-electron chi connectivity index (χ2n) is 4.78. The van der Waals surface area contributed by atoms with Crippen molar-refractivity contribution >= 4 is 17.3 Å². The molecule has 4 nitrogen and oxygen atoms in total. The van der Waals surface area contributed by atoms with Gasteiger partial charge in [-0.3, -0.25) is 0 Å². The van der Waals surface area contributed by atoms with Crippen LogP contribution in [0, 0.1) is 11.3 Å². The van der Waals surface area contributed by atoms with Crippen molar-refractivity contribution in [2.24, 2.45) is 0 Å². The van der Waals surface area contributed by atoms with Crippen molar-refractivity contribution in [3.63, 3.8) is 0 Å². The van der Waals surface area contributed by atoms with Crippen LogP contribution in [0.5, 0.6) is 0 Å². The van der Waals surface area contributed by atoms with E-state index in [2.05, 4.69) is 16.5 Å². The standard InChI is InChI=1S/C17H13ClN4/c18-15-7-6-14(9-19)17(8-15)20-10-13-11-21-22(12-13)16-4-2-1-3-5-16/h1-8,11-12,20H,10H2. The van der Waals surface area contributed by atoms with E-state index in [0.717, 1.165) is 16.9 Å². The monoisotopic (exact) mass is 308 g/mol. The molecule has 0 radical (unpaired) electrons. The van der Waals surface area contributed by atoms with Gasteiger partial charge in [0.1, 0.15) is 6.07 Å². The van der Waals surface area contributed by atoms with Gasteiger partial charge in [0.2, 0.25) is 0 Å². The highest BCUT2D eigenvalue weighted by molar-refractivity contribution is 6.30. The summed E-state index contributed by atoms with van der Waals surface area (Å²) in [6, 6.07) is 17.2. The molecular formula is C17H13ClN4. The van der Waals surface area contributed by atoms with Crippen molar-refractivity contribution in [2.45, 2.75) is 6.54 Å². The Balaban J connectivity index is 1.74. The predicted octanol–water partition coefficient (Wildman–Crippen LogP) is 4.01. The van der Waals surface area contributed by atoms with E-state index in [4.69, 9.17) is 16.9 Å². The van der Waals surface area contributed by atoms with Gasteiger partial charge < -0.3 is 5.32 Å². The topological polar surface area (TPSA) is 53.6 Å². The quantitative estimate of drug-likeness (QED) is 0.792. The molecule has 0 aliphatic heterocycles. The molecule has 0 fully saturated rings. The van der Waals surface area contributed by atoms with E-state index >= 15 is 0 Å². The van der Waals surface area contributed by atoms with Gasteiger partial charge in [-0.2, -0.15) is 10.4 Å². The first-order valence-corrected chi connectivity index (χ1v) is 7.16. The first kappa shape index (κ1) is 14.2. The molecule has 0 saturated heterocycles. The van der Waals surface area contributed by atoms with E-state index in [-0.39, 0.29) is 0 Å². The van der Waals surface area contributed by atoms with Crippen LogP contribution in [0.2, 0.25) is 5.02 Å². The largest absolute Gasteiger partial charge is 0.380 e. The fourth-order valence-electron chi connectivity index (χ4n) is 2.13. The lowest BCUT2D eigenvalue weighted by molar-refractivity contribution is 0.880. The maximum Gasteiger partial charge on any atom is 0.101 e. The number of rotatable bonds is 4. The van der Waals surface area contributed by atoms with Crippen LogP contribution in [0.1, 0.15) is 11.1 Å². The van der Waals surface area contributed by atoms with Crippen molar-refractivity contribution in [1.82, 2.24) is 9.78 Å². The van der Waals surface area contributed by atoms with Crippen LogP contribution in [0.3, 0.4) is 0 Å². The number of nitrogens with zero attached hydrogens (tertiary/aromatic N) is 3. The lowest BCUT2D eigenvalue weighted by atomic mass is 10.2. The van der Waals surface area contributed by atoms with Crippen molar-refractivity contribution in [1.29, 1.82) is 5.26 Å². The third-order valence-electron chi connectivity index (χ3n) is 3.24. The minimum Gasteiger partial charge on any atom is -0.380 e. The summed E-state index contributed by atoms with van der Waals surface area (Å²) in [5.74, 6) is 0. The first-order valence-electron chi connectivity index (χ1n) is 6.79. The second-order valence-corrected chi connectivity index (χ2v) is 5.22. The Labute approximate surface area is 133 Å². The number of hydrogen-bond acceptors (Lipinski definition) is 3. The smallest absolute Gasteiger partial charge is 0.101 e. The molecule has 5 heteroatoms. The maximum atomic E-state index is 9.11. The molecule has 0 saturated carbocycles. The number of halogens is 1. The van der Waals surface area contributed by atoms with Gasteiger partial charge in [0.05, 0.1) is 23.1 Å². The van der Waals surface area contributed by atoms with E-state index in [0.29, 0.717) is 17.1 Å². The Kier molecular flexibility index (Phi) is 4.08. The number of benzene rings is 2. The summed E-state index contributed by atoms with van der Waals surface area (Å²) in [4.78, 5) is 0. The van der Waals surface area contributed by atoms with E-state index in [1.165, 1.54) is 0 Å². The van der Waals surface area contributed by atoms with Gasteiger partial charge in [0.25, 0.3) is 0 Å². The summed E-state index contributed by atoms with van der Waals surface area (Å²) >= 11 is 5.97. The highest BCUT2D eigenvalue weighted by Crippen LogP contribution is 2.21. The summed E-state index contributed by atoms with van der Waals surface area (Å²) in [6.07, 6.45) is 3.76. The van der Waals surface area contributed by atoms with Gasteiger partial charge >= 0.3 is 0 Å². The normalized spacial score (nSPS) is 10.2. The summed E-state index contributed by atoms with van der Waals surface area (Å²) < 4.78 is 1.82. The zero-order valence-electron chi connectivity index (χ0n) is 11.7. The average Bonchev–Trinajstić information content (AvgIpc) is 3.03. The van der Waals surface area contributed by atoms with Crippen LogP contribution in [0.15, 0.2) is 60.9 Å². The third kappa shape index (κ3) is 3.11. The van der Waals surface area contributed by atoms with E-state index in [1.807, 2.05) is 41.2 Å². The van der Waals surface area contributed by atoms with Crippen LogP contribution < -0.4 is 5.32 Å². The lowest BCUT2D eigenvalue weighted by Gasteiger charge is -2.07. The maximum absolute atomic E-state index is 9.11. The Morgan fingerprint density at radius 2 is 2.00 bits per heavy atom. The molecule has 3 aromatic rings. The van der Waals surface area contributed by atoms with Crippen molar-refractivity contribution in [2.75, 3.05) is 5.32 Å². The molecule has 0 aliphatic carbocycles. The number of nitrogens with one attached hydrogen (secondary N) is 1. The van der Waals surface area contributed by atoms with Gasteiger partial charge in [-0.25, -0.2) is 4.68 Å². The van der Waals surface area contributed by atoms with Gasteiger partial charge in [0.15, 0.2) is 0 Å². The van der Waals surface area contributed by atoms with Gasteiger partial charge in [-0.15, -0.1) is 0 Å². The lowest BCUT2D eigenvalue weighted by Crippen LogP contribution is -2.00. The second kappa shape index (κ2) is 6.33. The molecule has 0 amide bonds. The third-order valence-corrected chi connectivity index (χ3v) is 3.48. The highest BCUT2D eigenvalue weighted by Gasteiger charge is 2.04. The number of nitriles is 1. The SMILES string of the molecule is N#Cc1ccc(Cl)cc1NCc1cnn(-c2ccccc2)c1. The zero-order valence-corrected chi connectivity index (χ0v) is 12.5. The molecule has 0 bridgehead atoms. The zero-order chi connectivity index (χ0) is 15.4. The molecule has 0 atom stereocenters. The Bertz CT molecular complexity index is 818. The van der Waals surface area contributed by atoms with Gasteiger partial charge in [-0.1, -0.05) is 29.8 Å². The molecule has 0 aliphatic rings. The van der Waals surface area contributed by atoms with Crippen LogP contribution in [0.25, 0.3) is 5.69 Å². The minimum absolute atomic E-state index is 0.569. The molecule has 3 rings (SSSR count). The molecule has 108 valence electrons. The summed E-state index contributed by atoms with van der Waals surface area (Å²) in [7, 11) is 0. The molecule has 0 unspecified atom stereocenters. The number of aromatic nitrogens is 2. The number of para-hydroxylation sites is 1. The molecule has 1 heterocycles. The van der Waals surface area contributed by atoms with E-state index in [1.54, 1.807) is 24.4 Å². The predicted molar refractivity (Wildman–Crippen MR) is 87.1 cm³/mol. The molecule has 1 N–H and O–H groups in total. The molecule has 0 spiro atoms. The van der Waals surface area contributed by atoms with Crippen molar-refractivity contribution < 1.29 is 0 Å². The van der Waals surface area contributed by atoms with Crippen LogP contribution in [0.4, 0.5) is 5.69 Å². The summed E-state index contributed by atoms with van der Waals surface area (Å²) in [5, 5.41) is 17.3. The average molecular weight is 309 g/mol. The Hall–Kier alpha value is -2.77. The van der Waals surface area contributed by atoms with Gasteiger partial charge in [-0.05, 0) is 30.3 Å². The van der Waals surface area contributed by atoms with Crippen LogP contribution in [-0.4, -0.2) is 9.78 Å². The van der Waals surface area contributed by atoms with Crippen LogP contribution >= 0.6 is 11.6 Å². The van der Waals surface area contributed by atoms with E-state index in [9.17, 15) is 0 Å². The van der Waals surface area contributed by atoms with Gasteiger partial charge in [0, 0.05) is 23.3 Å². The summed E-state index contributed by atoms with van der Waals surface area (Å²) in [6.45, 7) is 0.571. The highest BCUT2D eigenvalue weighted by atomic mass is 35.5. The number of anilines is 1. The Morgan fingerprint density at radius 1 is 1.18 bits per heavy atom. The fourth-order valence-corrected chi connectivity index (χ4v) is 2.30. The van der Waals surface area contributed by atoms with Crippen molar-refractivity contribution in [3.05, 3.63) is 77.1 Å². The first-order chi connectivity index (χ1) is 10.8. The Morgan fingerprint density at radius 3 is 2.77 bits per heavy atom. The minimum atomic E-state index is 0.569. The molecule has 22 heavy (non-hydrogen) atoms. The van der Waals surface area contributed by atoms with Crippen molar-refractivity contribution in [3.8, 4) is 11.8 Å². The van der Waals surface area contributed by atoms with Crippen LogP contribution in [-0.2, 0) is 6.54 Å². The molecule has 2 aromatic carbocycles. The van der Waals surface area contributed by atoms with E-state index < -0.39 is 0 Å². The molecular weight excluding hydrogens is 296 g/mol.